The normalized spacial score (nSPS) is 10.9. The second-order valence-electron chi connectivity index (χ2n) is 7.69. The van der Waals surface area contributed by atoms with E-state index in [9.17, 15) is 4.79 Å². The van der Waals surface area contributed by atoms with Gasteiger partial charge >= 0.3 is 0 Å². The van der Waals surface area contributed by atoms with E-state index in [0.29, 0.717) is 11.2 Å². The van der Waals surface area contributed by atoms with Crippen LogP contribution in [0.4, 0.5) is 5.69 Å². The number of benzene rings is 3. The maximum atomic E-state index is 13.6. The van der Waals surface area contributed by atoms with Crippen LogP contribution in [0.5, 0.6) is 0 Å². The van der Waals surface area contributed by atoms with E-state index < -0.39 is 0 Å². The highest BCUT2D eigenvalue weighted by Crippen LogP contribution is 2.30. The molecule has 0 fully saturated rings. The van der Waals surface area contributed by atoms with Crippen molar-refractivity contribution in [2.75, 3.05) is 5.32 Å². The molecule has 5 rings (SSSR count). The van der Waals surface area contributed by atoms with Gasteiger partial charge < -0.3 is 5.32 Å². The van der Waals surface area contributed by atoms with Gasteiger partial charge in [0.1, 0.15) is 0 Å². The van der Waals surface area contributed by atoms with Crippen molar-refractivity contribution < 1.29 is 4.79 Å². The summed E-state index contributed by atoms with van der Waals surface area (Å²) in [6.45, 7) is 1.90. The summed E-state index contributed by atoms with van der Waals surface area (Å²) in [5.74, 6) is -0.186. The van der Waals surface area contributed by atoms with Gasteiger partial charge in [-0.25, -0.2) is 4.98 Å². The number of rotatable bonds is 4. The minimum atomic E-state index is -0.186. The fraction of sp³-hybridized carbons (Fsp3) is 0.0741. The standard InChI is InChI=1S/C27H22N4O/c1-18-25-22(17-24(20-13-7-4-8-14-20)28-26(25)31(2)30-18)27(32)29-23-16-10-9-15-21(23)19-11-5-3-6-12-19/h3-17H,1-2H3,(H,29,32). The Morgan fingerprint density at radius 2 is 1.47 bits per heavy atom. The molecule has 0 aliphatic carbocycles. The number of para-hydroxylation sites is 1. The van der Waals surface area contributed by atoms with Gasteiger partial charge in [0.05, 0.1) is 22.3 Å². The summed E-state index contributed by atoms with van der Waals surface area (Å²) < 4.78 is 1.73. The lowest BCUT2D eigenvalue weighted by molar-refractivity contribution is 0.102. The summed E-state index contributed by atoms with van der Waals surface area (Å²) in [6, 6.07) is 29.6. The lowest BCUT2D eigenvalue weighted by atomic mass is 10.0. The van der Waals surface area contributed by atoms with Crippen molar-refractivity contribution >= 4 is 22.6 Å². The number of pyridine rings is 1. The second-order valence-corrected chi connectivity index (χ2v) is 7.69. The highest BCUT2D eigenvalue weighted by atomic mass is 16.1. The molecule has 0 aliphatic rings. The van der Waals surface area contributed by atoms with Crippen molar-refractivity contribution in [1.29, 1.82) is 0 Å². The number of aryl methyl sites for hydroxylation is 2. The molecular formula is C27H22N4O. The molecule has 0 radical (unpaired) electrons. The number of fused-ring (bicyclic) bond motifs is 1. The van der Waals surface area contributed by atoms with Crippen molar-refractivity contribution in [2.24, 2.45) is 7.05 Å². The van der Waals surface area contributed by atoms with Gasteiger partial charge in [0.25, 0.3) is 5.91 Å². The van der Waals surface area contributed by atoms with E-state index >= 15 is 0 Å². The van der Waals surface area contributed by atoms with Crippen molar-refractivity contribution in [3.05, 3.63) is 102 Å². The molecule has 0 saturated carbocycles. The number of carbonyl (C=O) groups excluding carboxylic acids is 1. The summed E-state index contributed by atoms with van der Waals surface area (Å²) in [5.41, 5.74) is 6.48. The van der Waals surface area contributed by atoms with E-state index in [-0.39, 0.29) is 5.91 Å². The third-order valence-corrected chi connectivity index (χ3v) is 5.54. The Labute approximate surface area is 186 Å². The molecule has 0 spiro atoms. The predicted molar refractivity (Wildman–Crippen MR) is 129 cm³/mol. The Kier molecular flexibility index (Phi) is 5.00. The molecule has 1 amide bonds. The van der Waals surface area contributed by atoms with E-state index in [1.54, 1.807) is 4.68 Å². The van der Waals surface area contributed by atoms with E-state index in [1.807, 2.05) is 105 Å². The predicted octanol–water partition coefficient (Wildman–Crippen LogP) is 5.86. The van der Waals surface area contributed by atoms with Gasteiger partial charge in [0.15, 0.2) is 5.65 Å². The highest BCUT2D eigenvalue weighted by Gasteiger charge is 2.20. The minimum absolute atomic E-state index is 0.186. The maximum Gasteiger partial charge on any atom is 0.256 e. The Hall–Kier alpha value is -4.25. The van der Waals surface area contributed by atoms with Crippen LogP contribution in [0.2, 0.25) is 0 Å². The van der Waals surface area contributed by atoms with Crippen LogP contribution in [-0.2, 0) is 7.05 Å². The number of amides is 1. The third kappa shape index (κ3) is 3.54. The fourth-order valence-electron chi connectivity index (χ4n) is 4.03. The van der Waals surface area contributed by atoms with E-state index in [1.165, 1.54) is 0 Å². The van der Waals surface area contributed by atoms with Gasteiger partial charge in [-0.1, -0.05) is 78.9 Å². The average Bonchev–Trinajstić information content (AvgIpc) is 3.13. The number of hydrogen-bond acceptors (Lipinski definition) is 3. The zero-order chi connectivity index (χ0) is 22.1. The summed E-state index contributed by atoms with van der Waals surface area (Å²) in [7, 11) is 1.85. The Balaban J connectivity index is 1.62. The average molecular weight is 419 g/mol. The summed E-state index contributed by atoms with van der Waals surface area (Å²) in [6.07, 6.45) is 0. The van der Waals surface area contributed by atoms with Crippen molar-refractivity contribution in [2.45, 2.75) is 6.92 Å². The van der Waals surface area contributed by atoms with Gasteiger partial charge in [0.2, 0.25) is 0 Å². The molecule has 0 saturated heterocycles. The second kappa shape index (κ2) is 8.12. The van der Waals surface area contributed by atoms with Crippen LogP contribution in [0, 0.1) is 6.92 Å². The molecule has 5 heteroatoms. The molecular weight excluding hydrogens is 396 g/mol. The molecule has 0 atom stereocenters. The Morgan fingerprint density at radius 1 is 0.844 bits per heavy atom. The Bertz CT molecular complexity index is 1420. The molecule has 32 heavy (non-hydrogen) atoms. The van der Waals surface area contributed by atoms with Gasteiger partial charge in [-0.2, -0.15) is 5.10 Å². The third-order valence-electron chi connectivity index (χ3n) is 5.54. The summed E-state index contributed by atoms with van der Waals surface area (Å²) >= 11 is 0. The van der Waals surface area contributed by atoms with Crippen LogP contribution in [0.3, 0.4) is 0 Å². The van der Waals surface area contributed by atoms with Gasteiger partial charge in [0, 0.05) is 23.9 Å². The number of anilines is 1. The van der Waals surface area contributed by atoms with E-state index in [2.05, 4.69) is 10.4 Å². The quantitative estimate of drug-likeness (QED) is 0.397. The summed E-state index contributed by atoms with van der Waals surface area (Å²) in [4.78, 5) is 18.4. The number of nitrogens with zero attached hydrogens (tertiary/aromatic N) is 3. The lowest BCUT2D eigenvalue weighted by Gasteiger charge is -2.13. The molecule has 156 valence electrons. The van der Waals surface area contributed by atoms with Crippen molar-refractivity contribution in [1.82, 2.24) is 14.8 Å². The first-order valence-electron chi connectivity index (χ1n) is 10.5. The number of carbonyl (C=O) groups is 1. The van der Waals surface area contributed by atoms with Crippen LogP contribution >= 0.6 is 0 Å². The van der Waals surface area contributed by atoms with Crippen LogP contribution in [0.25, 0.3) is 33.4 Å². The first-order valence-corrected chi connectivity index (χ1v) is 10.5. The maximum absolute atomic E-state index is 13.6. The zero-order valence-electron chi connectivity index (χ0n) is 17.9. The fourth-order valence-corrected chi connectivity index (χ4v) is 4.03. The van der Waals surface area contributed by atoms with Crippen LogP contribution < -0.4 is 5.32 Å². The number of aromatic nitrogens is 3. The van der Waals surface area contributed by atoms with E-state index in [4.69, 9.17) is 4.98 Å². The molecule has 1 N–H and O–H groups in total. The van der Waals surface area contributed by atoms with E-state index in [0.717, 1.165) is 39.2 Å². The topological polar surface area (TPSA) is 59.8 Å². The monoisotopic (exact) mass is 418 g/mol. The summed E-state index contributed by atoms with van der Waals surface area (Å²) in [5, 5.41) is 8.41. The number of nitrogens with one attached hydrogen (secondary N) is 1. The Morgan fingerprint density at radius 3 is 2.19 bits per heavy atom. The largest absolute Gasteiger partial charge is 0.321 e. The van der Waals surface area contributed by atoms with Gasteiger partial charge in [-0.05, 0) is 24.6 Å². The molecule has 3 aromatic carbocycles. The first-order chi connectivity index (χ1) is 15.6. The van der Waals surface area contributed by atoms with Crippen LogP contribution in [-0.4, -0.2) is 20.7 Å². The highest BCUT2D eigenvalue weighted by molar-refractivity contribution is 6.14. The smallest absolute Gasteiger partial charge is 0.256 e. The number of hydrogen-bond donors (Lipinski definition) is 1. The minimum Gasteiger partial charge on any atom is -0.321 e. The molecule has 5 nitrogen and oxygen atoms in total. The van der Waals surface area contributed by atoms with Crippen molar-refractivity contribution in [3.63, 3.8) is 0 Å². The van der Waals surface area contributed by atoms with Gasteiger partial charge in [-0.3, -0.25) is 9.48 Å². The van der Waals surface area contributed by atoms with Crippen LogP contribution in [0.1, 0.15) is 16.1 Å². The van der Waals surface area contributed by atoms with Gasteiger partial charge in [-0.15, -0.1) is 0 Å². The molecule has 5 aromatic rings. The SMILES string of the molecule is Cc1nn(C)c2nc(-c3ccccc3)cc(C(=O)Nc3ccccc3-c3ccccc3)c12. The lowest BCUT2D eigenvalue weighted by Crippen LogP contribution is -2.14. The molecule has 2 heterocycles. The first kappa shape index (κ1) is 19.7. The molecule has 2 aromatic heterocycles. The molecule has 0 bridgehead atoms. The van der Waals surface area contributed by atoms with Crippen molar-refractivity contribution in [3.8, 4) is 22.4 Å². The molecule has 0 aliphatic heterocycles. The van der Waals surface area contributed by atoms with Crippen LogP contribution in [0.15, 0.2) is 91.0 Å². The zero-order valence-corrected chi connectivity index (χ0v) is 17.9. The molecule has 0 unspecified atom stereocenters.